The molecule has 2 aromatic rings. The first-order valence-electron chi connectivity index (χ1n) is 8.66. The van der Waals surface area contributed by atoms with Gasteiger partial charge >= 0.3 is 5.97 Å². The van der Waals surface area contributed by atoms with Crippen molar-refractivity contribution in [1.82, 2.24) is 0 Å². The van der Waals surface area contributed by atoms with Gasteiger partial charge in [-0.3, -0.25) is 4.79 Å². The first-order chi connectivity index (χ1) is 12.3. The van der Waals surface area contributed by atoms with E-state index in [1.54, 1.807) is 0 Å². The van der Waals surface area contributed by atoms with Gasteiger partial charge in [0.05, 0.1) is 18.2 Å². The predicted octanol–water partition coefficient (Wildman–Crippen LogP) is 3.90. The van der Waals surface area contributed by atoms with Crippen LogP contribution in [0, 0.1) is 5.92 Å². The van der Waals surface area contributed by atoms with Crippen LogP contribution in [0.5, 0.6) is 5.75 Å². The van der Waals surface area contributed by atoms with Crippen molar-refractivity contribution in [2.75, 3.05) is 29.4 Å². The third-order valence-electron chi connectivity index (χ3n) is 4.88. The van der Waals surface area contributed by atoms with Gasteiger partial charge < -0.3 is 19.6 Å². The van der Waals surface area contributed by atoms with Crippen LogP contribution in [0.25, 0.3) is 0 Å². The molecule has 5 nitrogen and oxygen atoms in total. The summed E-state index contributed by atoms with van der Waals surface area (Å²) in [4.78, 5) is 15.4. The summed E-state index contributed by atoms with van der Waals surface area (Å²) in [5.74, 6) is -0.123. The van der Waals surface area contributed by atoms with Crippen molar-refractivity contribution in [2.24, 2.45) is 5.92 Å². The maximum atomic E-state index is 11.1. The van der Waals surface area contributed by atoms with Crippen LogP contribution in [0.2, 0.25) is 0 Å². The van der Waals surface area contributed by atoms with Crippen LogP contribution in [-0.4, -0.2) is 65.9 Å². The number of hydrogen-bond acceptors (Lipinski definition) is 4. The molecule has 137 valence electrons. The largest absolute Gasteiger partial charge is 0.484 e. The minimum atomic E-state index is -0.716. The van der Waals surface area contributed by atoms with Gasteiger partial charge in [-0.1, -0.05) is 22.0 Å². The molecule has 2 aromatic carbocycles. The standard InChI is InChI=1S/C20H21BrN2O3.Na/c1-20(2)12-23(17-7-6-14(21)8-18(17)26-20)16-5-3-4-15(9-16)22-10-13(11-22)19(24)25;/h3-9,13H,10-12H2,1-2H3,(H,24,25);. The zero-order chi connectivity index (χ0) is 18.5. The molecule has 1 saturated heterocycles. The van der Waals surface area contributed by atoms with Crippen molar-refractivity contribution in [3.8, 4) is 5.75 Å². The Hall–Kier alpha value is -1.21. The van der Waals surface area contributed by atoms with Gasteiger partial charge in [-0.05, 0) is 50.2 Å². The fourth-order valence-corrected chi connectivity index (χ4v) is 3.86. The molecule has 27 heavy (non-hydrogen) atoms. The Morgan fingerprint density at radius 3 is 2.59 bits per heavy atom. The van der Waals surface area contributed by atoms with Crippen LogP contribution in [-0.2, 0) is 4.79 Å². The quantitative estimate of drug-likeness (QED) is 0.734. The predicted molar refractivity (Wildman–Crippen MR) is 111 cm³/mol. The summed E-state index contributed by atoms with van der Waals surface area (Å²) in [6.07, 6.45) is 0. The number of carboxylic acid groups (broad SMARTS) is 1. The molecule has 0 aliphatic carbocycles. The molecule has 1 radical (unpaired) electrons. The second kappa shape index (κ2) is 7.66. The number of carbonyl (C=O) groups is 1. The van der Waals surface area contributed by atoms with E-state index in [0.717, 1.165) is 33.8 Å². The molecule has 4 rings (SSSR count). The number of benzene rings is 2. The Labute approximate surface area is 189 Å². The van der Waals surface area contributed by atoms with Crippen molar-refractivity contribution in [2.45, 2.75) is 19.4 Å². The Balaban J connectivity index is 0.00000210. The van der Waals surface area contributed by atoms with Crippen LogP contribution in [0.1, 0.15) is 13.8 Å². The molecule has 2 aliphatic heterocycles. The molecule has 0 spiro atoms. The molecule has 1 N–H and O–H groups in total. The van der Waals surface area contributed by atoms with Crippen LogP contribution in [0.4, 0.5) is 17.1 Å². The number of ether oxygens (including phenoxy) is 1. The first-order valence-corrected chi connectivity index (χ1v) is 9.46. The van der Waals surface area contributed by atoms with Crippen LogP contribution >= 0.6 is 15.9 Å². The maximum absolute atomic E-state index is 11.1. The van der Waals surface area contributed by atoms with E-state index >= 15 is 0 Å². The minimum Gasteiger partial charge on any atom is -0.484 e. The summed E-state index contributed by atoms with van der Waals surface area (Å²) in [5.41, 5.74) is 2.87. The van der Waals surface area contributed by atoms with Gasteiger partial charge in [-0.2, -0.15) is 0 Å². The third kappa shape index (κ3) is 4.14. The Bertz CT molecular complexity index is 868. The van der Waals surface area contributed by atoms with Crippen molar-refractivity contribution in [3.63, 3.8) is 0 Å². The van der Waals surface area contributed by atoms with Gasteiger partial charge in [0.15, 0.2) is 0 Å². The van der Waals surface area contributed by atoms with E-state index in [9.17, 15) is 4.79 Å². The Morgan fingerprint density at radius 1 is 1.19 bits per heavy atom. The van der Waals surface area contributed by atoms with Gasteiger partial charge in [0.2, 0.25) is 0 Å². The molecule has 7 heteroatoms. The fourth-order valence-electron chi connectivity index (χ4n) is 3.52. The Kier molecular flexibility index (Phi) is 5.82. The summed E-state index contributed by atoms with van der Waals surface area (Å²) in [5, 5.41) is 9.09. The smallest absolute Gasteiger partial charge is 0.310 e. The fraction of sp³-hybridized carbons (Fsp3) is 0.350. The summed E-state index contributed by atoms with van der Waals surface area (Å²) < 4.78 is 7.14. The van der Waals surface area contributed by atoms with Crippen LogP contribution in [0.3, 0.4) is 0 Å². The van der Waals surface area contributed by atoms with E-state index in [0.29, 0.717) is 13.1 Å². The summed E-state index contributed by atoms with van der Waals surface area (Å²) in [7, 11) is 0. The number of carboxylic acids is 1. The van der Waals surface area contributed by atoms with Gasteiger partial charge in [0.1, 0.15) is 11.4 Å². The second-order valence-electron chi connectivity index (χ2n) is 7.52. The second-order valence-corrected chi connectivity index (χ2v) is 8.44. The molecular formula is C20H21BrN2NaO3. The number of anilines is 3. The average molecular weight is 440 g/mol. The number of hydrogen-bond donors (Lipinski definition) is 1. The molecule has 0 atom stereocenters. The SMILES string of the molecule is CC1(C)CN(c2cccc(N3CC(C(=O)O)C3)c2)c2ccc(Br)cc2O1.[Na]. The normalized spacial score (nSPS) is 18.0. The van der Waals surface area contributed by atoms with Crippen molar-refractivity contribution in [1.29, 1.82) is 0 Å². The number of fused-ring (bicyclic) bond motifs is 1. The topological polar surface area (TPSA) is 53.0 Å². The van der Waals surface area contributed by atoms with E-state index in [1.807, 2.05) is 24.3 Å². The van der Waals surface area contributed by atoms with Gasteiger partial charge in [-0.25, -0.2) is 0 Å². The van der Waals surface area contributed by atoms with Crippen molar-refractivity contribution < 1.29 is 14.6 Å². The number of aliphatic carboxylic acids is 1. The molecule has 0 aromatic heterocycles. The zero-order valence-electron chi connectivity index (χ0n) is 15.8. The van der Waals surface area contributed by atoms with E-state index < -0.39 is 5.97 Å². The number of nitrogens with zero attached hydrogens (tertiary/aromatic N) is 2. The van der Waals surface area contributed by atoms with Gasteiger partial charge in [-0.15, -0.1) is 0 Å². The zero-order valence-corrected chi connectivity index (χ0v) is 19.4. The number of rotatable bonds is 3. The van der Waals surface area contributed by atoms with Crippen molar-refractivity contribution in [3.05, 3.63) is 46.9 Å². The van der Waals surface area contributed by atoms with Gasteiger partial charge in [0.25, 0.3) is 0 Å². The summed E-state index contributed by atoms with van der Waals surface area (Å²) in [6, 6.07) is 14.4. The van der Waals surface area contributed by atoms with E-state index in [1.165, 1.54) is 0 Å². The van der Waals surface area contributed by atoms with Crippen LogP contribution in [0.15, 0.2) is 46.9 Å². The summed E-state index contributed by atoms with van der Waals surface area (Å²) in [6.45, 7) is 6.04. The number of halogens is 1. The van der Waals surface area contributed by atoms with E-state index in [2.05, 4.69) is 57.8 Å². The first kappa shape index (κ1) is 20.5. The molecule has 0 saturated carbocycles. The minimum absolute atomic E-state index is 0. The maximum Gasteiger partial charge on any atom is 0.310 e. The van der Waals surface area contributed by atoms with Crippen molar-refractivity contribution >= 4 is 68.5 Å². The third-order valence-corrected chi connectivity index (χ3v) is 5.37. The molecule has 2 aliphatic rings. The summed E-state index contributed by atoms with van der Waals surface area (Å²) >= 11 is 3.52. The molecular weight excluding hydrogens is 419 g/mol. The Morgan fingerprint density at radius 2 is 1.89 bits per heavy atom. The van der Waals surface area contributed by atoms with E-state index in [4.69, 9.17) is 9.84 Å². The molecule has 0 bridgehead atoms. The average Bonchev–Trinajstić information content (AvgIpc) is 2.51. The molecule has 1 fully saturated rings. The van der Waals surface area contributed by atoms with E-state index in [-0.39, 0.29) is 41.1 Å². The molecule has 0 amide bonds. The molecule has 2 heterocycles. The monoisotopic (exact) mass is 439 g/mol. The molecule has 0 unspecified atom stereocenters. The van der Waals surface area contributed by atoms with Crippen LogP contribution < -0.4 is 14.5 Å². The van der Waals surface area contributed by atoms with Gasteiger partial charge in [0, 0.05) is 58.5 Å².